The Labute approximate surface area is 114 Å². The minimum Gasteiger partial charge on any atom is -0.392 e. The topological polar surface area (TPSA) is 59.1 Å². The molecule has 0 aliphatic carbocycles. The molecule has 0 saturated heterocycles. The van der Waals surface area contributed by atoms with Crippen LogP contribution in [0.5, 0.6) is 0 Å². The van der Waals surface area contributed by atoms with Crippen LogP contribution in [0.15, 0.2) is 48.7 Å². The minimum absolute atomic E-state index is 0.330. The van der Waals surface area contributed by atoms with Crippen LogP contribution in [0.1, 0.15) is 25.0 Å². The second-order valence-corrected chi connectivity index (χ2v) is 5.36. The first-order valence-corrected chi connectivity index (χ1v) is 6.45. The summed E-state index contributed by atoms with van der Waals surface area (Å²) in [5, 5.41) is 10.5. The Morgan fingerprint density at radius 1 is 1.16 bits per heavy atom. The Morgan fingerprint density at radius 2 is 1.84 bits per heavy atom. The van der Waals surface area contributed by atoms with Crippen LogP contribution in [-0.2, 0) is 11.8 Å². The van der Waals surface area contributed by atoms with Crippen molar-refractivity contribution in [1.82, 2.24) is 4.98 Å². The number of anilines is 1. The molecule has 3 N–H and O–H groups in total. The van der Waals surface area contributed by atoms with Gasteiger partial charge in [0.25, 0.3) is 0 Å². The number of pyridine rings is 1. The minimum atomic E-state index is -0.513. The van der Waals surface area contributed by atoms with Crippen LogP contribution >= 0.6 is 0 Å². The number of aliphatic hydroxyl groups excluding tert-OH is 1. The molecule has 1 heterocycles. The van der Waals surface area contributed by atoms with Crippen molar-refractivity contribution in [2.45, 2.75) is 31.8 Å². The van der Waals surface area contributed by atoms with E-state index >= 15 is 0 Å². The monoisotopic (exact) mass is 256 g/mol. The van der Waals surface area contributed by atoms with Crippen molar-refractivity contribution < 1.29 is 5.11 Å². The Bertz CT molecular complexity index is 537. The molecule has 2 rings (SSSR count). The van der Waals surface area contributed by atoms with E-state index in [4.69, 9.17) is 5.73 Å². The van der Waals surface area contributed by atoms with Crippen LogP contribution < -0.4 is 5.73 Å². The molecule has 1 aromatic heterocycles. The number of aliphatic hydroxyl groups is 1. The molecule has 0 amide bonds. The van der Waals surface area contributed by atoms with E-state index in [1.165, 1.54) is 0 Å². The van der Waals surface area contributed by atoms with E-state index in [0.717, 1.165) is 11.1 Å². The maximum atomic E-state index is 10.5. The molecule has 100 valence electrons. The number of aromatic nitrogens is 1. The third-order valence-corrected chi connectivity index (χ3v) is 3.69. The van der Waals surface area contributed by atoms with Crippen molar-refractivity contribution >= 4 is 5.82 Å². The zero-order valence-electron chi connectivity index (χ0n) is 11.4. The summed E-state index contributed by atoms with van der Waals surface area (Å²) in [6.45, 7) is 4.08. The first-order chi connectivity index (χ1) is 9.01. The lowest BCUT2D eigenvalue weighted by Crippen LogP contribution is -2.35. The molecule has 0 spiro atoms. The van der Waals surface area contributed by atoms with Crippen LogP contribution in [-0.4, -0.2) is 16.2 Å². The highest BCUT2D eigenvalue weighted by Crippen LogP contribution is 2.29. The lowest BCUT2D eigenvalue weighted by molar-refractivity contribution is 0.100. The van der Waals surface area contributed by atoms with Crippen LogP contribution in [0.4, 0.5) is 5.82 Å². The third kappa shape index (κ3) is 2.93. The number of nitrogens with two attached hydrogens (primary N) is 1. The Kier molecular flexibility index (Phi) is 3.86. The van der Waals surface area contributed by atoms with Gasteiger partial charge in [-0.05, 0) is 17.2 Å². The van der Waals surface area contributed by atoms with Gasteiger partial charge in [0, 0.05) is 18.0 Å². The van der Waals surface area contributed by atoms with E-state index in [0.29, 0.717) is 12.2 Å². The fourth-order valence-corrected chi connectivity index (χ4v) is 2.15. The molecular formula is C16H20N2O. The quantitative estimate of drug-likeness (QED) is 0.883. The van der Waals surface area contributed by atoms with E-state index in [-0.39, 0.29) is 5.41 Å². The molecule has 1 aromatic carbocycles. The molecule has 3 nitrogen and oxygen atoms in total. The Hall–Kier alpha value is -1.87. The summed E-state index contributed by atoms with van der Waals surface area (Å²) in [7, 11) is 0. The Morgan fingerprint density at radius 3 is 2.47 bits per heavy atom. The lowest BCUT2D eigenvalue weighted by atomic mass is 9.77. The van der Waals surface area contributed by atoms with Crippen LogP contribution in [0.25, 0.3) is 0 Å². The van der Waals surface area contributed by atoms with E-state index in [1.54, 1.807) is 6.20 Å². The molecule has 0 bridgehead atoms. The highest BCUT2D eigenvalue weighted by atomic mass is 16.3. The summed E-state index contributed by atoms with van der Waals surface area (Å²) in [6.07, 6.45) is 1.65. The molecule has 1 atom stereocenters. The summed E-state index contributed by atoms with van der Waals surface area (Å²) >= 11 is 0. The van der Waals surface area contributed by atoms with Gasteiger partial charge in [-0.3, -0.25) is 0 Å². The van der Waals surface area contributed by atoms with E-state index in [9.17, 15) is 5.11 Å². The molecular weight excluding hydrogens is 236 g/mol. The number of nitrogens with zero attached hydrogens (tertiary/aromatic N) is 1. The maximum absolute atomic E-state index is 10.5. The van der Waals surface area contributed by atoms with Crippen LogP contribution in [0, 0.1) is 0 Å². The highest BCUT2D eigenvalue weighted by molar-refractivity contribution is 5.39. The maximum Gasteiger partial charge on any atom is 0.126 e. The predicted octanol–water partition coefficient (Wildman–Crippen LogP) is 2.54. The van der Waals surface area contributed by atoms with E-state index in [1.807, 2.05) is 56.3 Å². The zero-order chi connectivity index (χ0) is 13.9. The van der Waals surface area contributed by atoms with Crippen molar-refractivity contribution in [2.24, 2.45) is 0 Å². The lowest BCUT2D eigenvalue weighted by Gasteiger charge is -2.31. The van der Waals surface area contributed by atoms with Gasteiger partial charge in [0.1, 0.15) is 5.82 Å². The van der Waals surface area contributed by atoms with Gasteiger partial charge in [-0.15, -0.1) is 0 Å². The molecule has 0 fully saturated rings. The van der Waals surface area contributed by atoms with Gasteiger partial charge in [-0.25, -0.2) is 4.98 Å². The van der Waals surface area contributed by atoms with Crippen LogP contribution in [0.2, 0.25) is 0 Å². The van der Waals surface area contributed by atoms with Gasteiger partial charge >= 0.3 is 0 Å². The molecule has 1 unspecified atom stereocenters. The number of benzene rings is 1. The van der Waals surface area contributed by atoms with Gasteiger partial charge in [0.2, 0.25) is 0 Å². The number of hydrogen-bond acceptors (Lipinski definition) is 3. The largest absolute Gasteiger partial charge is 0.392 e. The average molecular weight is 256 g/mol. The van der Waals surface area contributed by atoms with Crippen molar-refractivity contribution in [3.63, 3.8) is 0 Å². The van der Waals surface area contributed by atoms with Crippen LogP contribution in [0.3, 0.4) is 0 Å². The summed E-state index contributed by atoms with van der Waals surface area (Å²) in [6, 6.07) is 13.8. The normalized spacial score (nSPS) is 13.2. The SMILES string of the molecule is CC(C)(c1ccccc1)C(O)Cc1cccnc1N. The second-order valence-electron chi connectivity index (χ2n) is 5.36. The molecule has 0 aliphatic rings. The summed E-state index contributed by atoms with van der Waals surface area (Å²) in [5.74, 6) is 0.491. The summed E-state index contributed by atoms with van der Waals surface area (Å²) in [5.41, 5.74) is 7.50. The molecule has 0 aliphatic heterocycles. The van der Waals surface area contributed by atoms with Crippen molar-refractivity contribution in [3.8, 4) is 0 Å². The number of rotatable bonds is 4. The third-order valence-electron chi connectivity index (χ3n) is 3.69. The average Bonchev–Trinajstić information content (AvgIpc) is 2.42. The molecule has 0 radical (unpaired) electrons. The second kappa shape index (κ2) is 5.41. The molecule has 3 heteroatoms. The first-order valence-electron chi connectivity index (χ1n) is 6.45. The molecule has 0 saturated carbocycles. The van der Waals surface area contributed by atoms with E-state index in [2.05, 4.69) is 4.98 Å². The van der Waals surface area contributed by atoms with Gasteiger partial charge in [0.15, 0.2) is 0 Å². The summed E-state index contributed by atoms with van der Waals surface area (Å²) in [4.78, 5) is 4.05. The van der Waals surface area contributed by atoms with Crippen molar-refractivity contribution in [3.05, 3.63) is 59.8 Å². The molecule has 2 aromatic rings. The highest BCUT2D eigenvalue weighted by Gasteiger charge is 2.30. The zero-order valence-corrected chi connectivity index (χ0v) is 11.4. The van der Waals surface area contributed by atoms with Gasteiger partial charge in [-0.2, -0.15) is 0 Å². The fraction of sp³-hybridized carbons (Fsp3) is 0.312. The summed E-state index contributed by atoms with van der Waals surface area (Å²) < 4.78 is 0. The first kappa shape index (κ1) is 13.6. The smallest absolute Gasteiger partial charge is 0.126 e. The number of nitrogen functional groups attached to an aromatic ring is 1. The fourth-order valence-electron chi connectivity index (χ4n) is 2.15. The Balaban J connectivity index is 2.20. The van der Waals surface area contributed by atoms with Gasteiger partial charge in [-0.1, -0.05) is 50.2 Å². The standard InChI is InChI=1S/C16H20N2O/c1-16(2,13-8-4-3-5-9-13)14(19)11-12-7-6-10-18-15(12)17/h3-10,14,19H,11H2,1-2H3,(H2,17,18). The van der Waals surface area contributed by atoms with Crippen molar-refractivity contribution in [1.29, 1.82) is 0 Å². The van der Waals surface area contributed by atoms with Gasteiger partial charge in [0.05, 0.1) is 6.10 Å². The number of hydrogen-bond donors (Lipinski definition) is 2. The predicted molar refractivity (Wildman–Crippen MR) is 77.8 cm³/mol. The van der Waals surface area contributed by atoms with E-state index < -0.39 is 6.10 Å². The molecule has 19 heavy (non-hydrogen) atoms. The van der Waals surface area contributed by atoms with Gasteiger partial charge < -0.3 is 10.8 Å². The van der Waals surface area contributed by atoms with Crippen molar-refractivity contribution in [2.75, 3.05) is 5.73 Å².